The Hall–Kier alpha value is -1.42. The summed E-state index contributed by atoms with van der Waals surface area (Å²) in [4.78, 5) is 11.7. The average Bonchev–Trinajstić information content (AvgIpc) is 2.42. The molecule has 104 valence electrons. The lowest BCUT2D eigenvalue weighted by molar-refractivity contribution is -0.136. The van der Waals surface area contributed by atoms with E-state index < -0.39 is 5.97 Å². The van der Waals surface area contributed by atoms with Gasteiger partial charge in [0.05, 0.1) is 10.0 Å². The number of benzene rings is 2. The van der Waals surface area contributed by atoms with E-state index in [9.17, 15) is 4.79 Å². The van der Waals surface area contributed by atoms with E-state index in [1.807, 2.05) is 6.07 Å². The molecular formula is C14H9Cl3O3. The van der Waals surface area contributed by atoms with E-state index in [1.165, 1.54) is 12.1 Å². The van der Waals surface area contributed by atoms with Crippen LogP contribution in [0.2, 0.25) is 15.1 Å². The van der Waals surface area contributed by atoms with Crippen molar-refractivity contribution in [2.45, 2.75) is 0 Å². The van der Waals surface area contributed by atoms with Gasteiger partial charge in [-0.05, 0) is 24.3 Å². The number of halogens is 3. The Morgan fingerprint density at radius 1 is 1.00 bits per heavy atom. The molecule has 0 aliphatic carbocycles. The molecule has 6 heteroatoms. The molecule has 2 aromatic rings. The summed E-state index contributed by atoms with van der Waals surface area (Å²) < 4.78 is 10.3. The largest absolute Gasteiger partial charge is 0.482 e. The Morgan fingerprint density at radius 2 is 1.60 bits per heavy atom. The third kappa shape index (κ3) is 4.04. The van der Waals surface area contributed by atoms with E-state index in [-0.39, 0.29) is 22.4 Å². The zero-order chi connectivity index (χ0) is 14.5. The SMILES string of the molecule is O=C(COc1ccccc1)Oc1c(Cl)cc(Cl)cc1Cl. The molecule has 0 aliphatic rings. The number of esters is 1. The summed E-state index contributed by atoms with van der Waals surface area (Å²) in [7, 11) is 0. The van der Waals surface area contributed by atoms with Crippen LogP contribution >= 0.6 is 34.8 Å². The van der Waals surface area contributed by atoms with Crippen molar-refractivity contribution in [3.8, 4) is 11.5 Å². The van der Waals surface area contributed by atoms with Gasteiger partial charge in [0.2, 0.25) is 0 Å². The van der Waals surface area contributed by atoms with Crippen LogP contribution in [0.15, 0.2) is 42.5 Å². The first kappa shape index (κ1) is 15.0. The molecule has 20 heavy (non-hydrogen) atoms. The third-order valence-corrected chi connectivity index (χ3v) is 3.06. The highest BCUT2D eigenvalue weighted by atomic mass is 35.5. The van der Waals surface area contributed by atoms with Crippen LogP contribution in [0.4, 0.5) is 0 Å². The molecule has 3 nitrogen and oxygen atoms in total. The first-order valence-electron chi connectivity index (χ1n) is 5.59. The fourth-order valence-corrected chi connectivity index (χ4v) is 2.32. The van der Waals surface area contributed by atoms with Crippen LogP contribution in [0.1, 0.15) is 0 Å². The molecule has 0 radical (unpaired) electrons. The Balaban J connectivity index is 1.98. The molecule has 0 saturated heterocycles. The summed E-state index contributed by atoms with van der Waals surface area (Å²) in [6.45, 7) is -0.251. The molecule has 0 amide bonds. The van der Waals surface area contributed by atoms with Gasteiger partial charge in [-0.25, -0.2) is 4.79 Å². The molecular weight excluding hydrogens is 323 g/mol. The van der Waals surface area contributed by atoms with Crippen molar-refractivity contribution in [2.24, 2.45) is 0 Å². The molecule has 0 heterocycles. The van der Waals surface area contributed by atoms with E-state index in [1.54, 1.807) is 24.3 Å². The molecule has 0 bridgehead atoms. The number of carbonyl (C=O) groups excluding carboxylic acids is 1. The second-order valence-electron chi connectivity index (χ2n) is 3.77. The van der Waals surface area contributed by atoms with E-state index >= 15 is 0 Å². The van der Waals surface area contributed by atoms with Crippen LogP contribution in [0, 0.1) is 0 Å². The number of hydrogen-bond acceptors (Lipinski definition) is 3. The van der Waals surface area contributed by atoms with Gasteiger partial charge in [-0.1, -0.05) is 53.0 Å². The molecule has 0 aromatic heterocycles. The molecule has 0 N–H and O–H groups in total. The fourth-order valence-electron chi connectivity index (χ4n) is 1.43. The topological polar surface area (TPSA) is 35.5 Å². The van der Waals surface area contributed by atoms with Crippen LogP contribution in [0.25, 0.3) is 0 Å². The summed E-state index contributed by atoms with van der Waals surface area (Å²) in [6, 6.07) is 11.8. The van der Waals surface area contributed by atoms with E-state index in [4.69, 9.17) is 44.3 Å². The van der Waals surface area contributed by atoms with Gasteiger partial charge in [-0.2, -0.15) is 0 Å². The molecule has 0 saturated carbocycles. The molecule has 0 spiro atoms. The fraction of sp³-hybridized carbons (Fsp3) is 0.0714. The predicted octanol–water partition coefficient (Wildman–Crippen LogP) is 4.63. The average molecular weight is 332 g/mol. The number of hydrogen-bond donors (Lipinski definition) is 0. The standard InChI is InChI=1S/C14H9Cl3O3/c15-9-6-11(16)14(12(17)7-9)20-13(18)8-19-10-4-2-1-3-5-10/h1-7H,8H2. The lowest BCUT2D eigenvalue weighted by Crippen LogP contribution is -2.18. The Bertz CT molecular complexity index is 591. The van der Waals surface area contributed by atoms with Crippen molar-refractivity contribution in [1.29, 1.82) is 0 Å². The molecule has 0 fully saturated rings. The molecule has 0 aliphatic heterocycles. The van der Waals surface area contributed by atoms with Gasteiger partial charge in [0.25, 0.3) is 0 Å². The first-order chi connectivity index (χ1) is 9.56. The normalized spacial score (nSPS) is 10.2. The number of para-hydroxylation sites is 1. The summed E-state index contributed by atoms with van der Waals surface area (Å²) in [6.07, 6.45) is 0. The number of carbonyl (C=O) groups is 1. The third-order valence-electron chi connectivity index (χ3n) is 2.28. The highest BCUT2D eigenvalue weighted by Gasteiger charge is 2.14. The lowest BCUT2D eigenvalue weighted by Gasteiger charge is -2.09. The van der Waals surface area contributed by atoms with Crippen LogP contribution in [0.5, 0.6) is 11.5 Å². The molecule has 2 aromatic carbocycles. The second kappa shape index (κ2) is 6.84. The lowest BCUT2D eigenvalue weighted by atomic mass is 10.3. The van der Waals surface area contributed by atoms with Crippen molar-refractivity contribution >= 4 is 40.8 Å². The van der Waals surface area contributed by atoms with E-state index in [2.05, 4.69) is 0 Å². The zero-order valence-corrected chi connectivity index (χ0v) is 12.4. The minimum Gasteiger partial charge on any atom is -0.482 e. The summed E-state index contributed by atoms with van der Waals surface area (Å²) >= 11 is 17.6. The second-order valence-corrected chi connectivity index (χ2v) is 5.03. The summed E-state index contributed by atoms with van der Waals surface area (Å²) in [5, 5.41) is 0.687. The van der Waals surface area contributed by atoms with Crippen molar-refractivity contribution in [1.82, 2.24) is 0 Å². The maximum Gasteiger partial charge on any atom is 0.349 e. The highest BCUT2D eigenvalue weighted by molar-refractivity contribution is 6.40. The van der Waals surface area contributed by atoms with Crippen molar-refractivity contribution < 1.29 is 14.3 Å². The maximum absolute atomic E-state index is 11.7. The minimum absolute atomic E-state index is 0.0689. The van der Waals surface area contributed by atoms with Crippen molar-refractivity contribution in [3.63, 3.8) is 0 Å². The number of ether oxygens (including phenoxy) is 2. The molecule has 0 atom stereocenters. The zero-order valence-electron chi connectivity index (χ0n) is 10.1. The Morgan fingerprint density at radius 3 is 2.20 bits per heavy atom. The van der Waals surface area contributed by atoms with E-state index in [0.29, 0.717) is 10.8 Å². The van der Waals surface area contributed by atoms with Crippen molar-refractivity contribution in [3.05, 3.63) is 57.5 Å². The minimum atomic E-state index is -0.611. The van der Waals surface area contributed by atoms with Gasteiger partial charge in [0.1, 0.15) is 5.75 Å². The quantitative estimate of drug-likeness (QED) is 0.605. The molecule has 2 rings (SSSR count). The summed E-state index contributed by atoms with van der Waals surface area (Å²) in [5.41, 5.74) is 0. The maximum atomic E-state index is 11.7. The van der Waals surface area contributed by atoms with Crippen LogP contribution in [-0.2, 0) is 4.79 Å². The smallest absolute Gasteiger partial charge is 0.349 e. The van der Waals surface area contributed by atoms with Gasteiger partial charge < -0.3 is 9.47 Å². The Labute approximate surface area is 131 Å². The number of rotatable bonds is 4. The predicted molar refractivity (Wildman–Crippen MR) is 79.0 cm³/mol. The van der Waals surface area contributed by atoms with Gasteiger partial charge in [-0.15, -0.1) is 0 Å². The van der Waals surface area contributed by atoms with Crippen LogP contribution in [0.3, 0.4) is 0 Å². The van der Waals surface area contributed by atoms with Gasteiger partial charge in [0.15, 0.2) is 12.4 Å². The summed E-state index contributed by atoms with van der Waals surface area (Å²) in [5.74, 6) is 0.0251. The van der Waals surface area contributed by atoms with Crippen molar-refractivity contribution in [2.75, 3.05) is 6.61 Å². The first-order valence-corrected chi connectivity index (χ1v) is 6.72. The van der Waals surface area contributed by atoms with Crippen LogP contribution < -0.4 is 9.47 Å². The monoisotopic (exact) mass is 330 g/mol. The van der Waals surface area contributed by atoms with E-state index in [0.717, 1.165) is 0 Å². The van der Waals surface area contributed by atoms with Gasteiger partial charge >= 0.3 is 5.97 Å². The Kier molecular flexibility index (Phi) is 5.12. The molecule has 0 unspecified atom stereocenters. The van der Waals surface area contributed by atoms with Crippen LogP contribution in [-0.4, -0.2) is 12.6 Å². The van der Waals surface area contributed by atoms with Gasteiger partial charge in [-0.3, -0.25) is 0 Å². The highest BCUT2D eigenvalue weighted by Crippen LogP contribution is 2.35. The van der Waals surface area contributed by atoms with Gasteiger partial charge in [0, 0.05) is 5.02 Å².